The Kier molecular flexibility index (Phi) is 5.52. The minimum atomic E-state index is -0.267. The number of nitrogens with zero attached hydrogens (tertiary/aromatic N) is 2. The van der Waals surface area contributed by atoms with Crippen molar-refractivity contribution in [2.45, 2.75) is 33.3 Å². The molecule has 0 bridgehead atoms. The van der Waals surface area contributed by atoms with E-state index < -0.39 is 0 Å². The van der Waals surface area contributed by atoms with Crippen LogP contribution in [0.5, 0.6) is 5.75 Å². The monoisotopic (exact) mass is 405 g/mol. The number of nitrogens with one attached hydrogen (secondary N) is 1. The average molecular weight is 405 g/mol. The topological polar surface area (TPSA) is 84.7 Å². The Morgan fingerprint density at radius 1 is 1.20 bits per heavy atom. The fraction of sp³-hybridized carbons (Fsp3) is 0.261. The number of anilines is 2. The van der Waals surface area contributed by atoms with Gasteiger partial charge in [-0.1, -0.05) is 23.4 Å². The molecule has 0 unspecified atom stereocenters. The summed E-state index contributed by atoms with van der Waals surface area (Å²) in [5.74, 6) is 1.10. The summed E-state index contributed by atoms with van der Waals surface area (Å²) in [6.07, 6.45) is 1.36. The first-order chi connectivity index (χ1) is 14.5. The molecule has 1 aliphatic heterocycles. The third kappa shape index (κ3) is 4.05. The number of rotatable bonds is 6. The minimum Gasteiger partial charge on any atom is -0.489 e. The van der Waals surface area contributed by atoms with Crippen molar-refractivity contribution >= 4 is 23.2 Å². The Morgan fingerprint density at radius 2 is 2.03 bits per heavy atom. The summed E-state index contributed by atoms with van der Waals surface area (Å²) in [7, 11) is 0. The summed E-state index contributed by atoms with van der Waals surface area (Å²) >= 11 is 0. The van der Waals surface area contributed by atoms with Gasteiger partial charge in [-0.15, -0.1) is 0 Å². The second kappa shape index (κ2) is 8.41. The van der Waals surface area contributed by atoms with Crippen molar-refractivity contribution in [3.05, 3.63) is 71.1 Å². The summed E-state index contributed by atoms with van der Waals surface area (Å²) < 4.78 is 11.0. The predicted octanol–water partition coefficient (Wildman–Crippen LogP) is 4.25. The normalized spacial score (nSPS) is 13.5. The minimum absolute atomic E-state index is 0.0754. The van der Waals surface area contributed by atoms with Gasteiger partial charge in [-0.25, -0.2) is 0 Å². The number of benzene rings is 2. The fourth-order valence-corrected chi connectivity index (χ4v) is 3.50. The first-order valence-corrected chi connectivity index (χ1v) is 9.88. The summed E-state index contributed by atoms with van der Waals surface area (Å²) in [6.45, 7) is 4.68. The molecular weight excluding hydrogens is 382 g/mol. The maximum Gasteiger partial charge on any atom is 0.255 e. The van der Waals surface area contributed by atoms with E-state index in [0.29, 0.717) is 36.6 Å². The second-order valence-electron chi connectivity index (χ2n) is 7.24. The maximum absolute atomic E-state index is 12.9. The first kappa shape index (κ1) is 19.7. The Bertz CT molecular complexity index is 1070. The van der Waals surface area contributed by atoms with Crippen molar-refractivity contribution in [2.75, 3.05) is 16.8 Å². The molecule has 154 valence electrons. The third-order valence-corrected chi connectivity index (χ3v) is 5.18. The number of para-hydroxylation sites is 2. The van der Waals surface area contributed by atoms with Crippen LogP contribution in [-0.2, 0) is 11.4 Å². The Labute approximate surface area is 174 Å². The standard InChI is InChI=1S/C23H23N3O4/c1-15-19(16(2)30-25-15)14-29-18-8-5-7-17(13-18)23(28)24-20-9-3-4-10-21(20)26-12-6-11-22(26)27/h3-5,7-10,13H,6,11-12,14H2,1-2H3,(H,24,28). The lowest BCUT2D eigenvalue weighted by molar-refractivity contribution is -0.117. The van der Waals surface area contributed by atoms with E-state index in [9.17, 15) is 9.59 Å². The summed E-state index contributed by atoms with van der Waals surface area (Å²) in [4.78, 5) is 26.7. The predicted molar refractivity (Wildman–Crippen MR) is 113 cm³/mol. The van der Waals surface area contributed by atoms with Crippen molar-refractivity contribution in [1.82, 2.24) is 5.16 Å². The van der Waals surface area contributed by atoms with Crippen LogP contribution in [0.15, 0.2) is 53.1 Å². The van der Waals surface area contributed by atoms with Gasteiger partial charge in [0.25, 0.3) is 5.91 Å². The van der Waals surface area contributed by atoms with Gasteiger partial charge in [-0.05, 0) is 50.6 Å². The van der Waals surface area contributed by atoms with E-state index in [2.05, 4.69) is 10.5 Å². The number of aryl methyl sites for hydroxylation is 2. The highest BCUT2D eigenvalue weighted by Gasteiger charge is 2.24. The molecule has 1 aromatic heterocycles. The smallest absolute Gasteiger partial charge is 0.255 e. The highest BCUT2D eigenvalue weighted by molar-refractivity contribution is 6.08. The van der Waals surface area contributed by atoms with Crippen LogP contribution >= 0.6 is 0 Å². The number of carbonyl (C=O) groups excluding carboxylic acids is 2. The van der Waals surface area contributed by atoms with Crippen LogP contribution in [-0.4, -0.2) is 23.5 Å². The average Bonchev–Trinajstić information content (AvgIpc) is 3.32. The molecule has 2 heterocycles. The fourth-order valence-electron chi connectivity index (χ4n) is 3.50. The summed E-state index contributed by atoms with van der Waals surface area (Å²) in [6, 6.07) is 14.3. The molecule has 3 aromatic rings. The van der Waals surface area contributed by atoms with E-state index in [1.807, 2.05) is 32.0 Å². The van der Waals surface area contributed by atoms with Crippen LogP contribution in [0.3, 0.4) is 0 Å². The molecule has 1 aliphatic rings. The molecule has 0 radical (unpaired) electrons. The van der Waals surface area contributed by atoms with Crippen LogP contribution in [0, 0.1) is 13.8 Å². The molecule has 2 aromatic carbocycles. The number of ether oxygens (including phenoxy) is 1. The number of hydrogen-bond acceptors (Lipinski definition) is 5. The van der Waals surface area contributed by atoms with Crippen LogP contribution in [0.4, 0.5) is 11.4 Å². The van der Waals surface area contributed by atoms with E-state index in [1.54, 1.807) is 35.2 Å². The second-order valence-corrected chi connectivity index (χ2v) is 7.24. The number of amides is 2. The summed E-state index contributed by atoms with van der Waals surface area (Å²) in [5.41, 5.74) is 3.48. The van der Waals surface area contributed by atoms with Crippen molar-refractivity contribution < 1.29 is 18.8 Å². The summed E-state index contributed by atoms with van der Waals surface area (Å²) in [5, 5.41) is 6.85. The van der Waals surface area contributed by atoms with Gasteiger partial charge in [-0.3, -0.25) is 9.59 Å². The SMILES string of the molecule is Cc1noc(C)c1COc1cccc(C(=O)Nc2ccccc2N2CCCC2=O)c1. The lowest BCUT2D eigenvalue weighted by Crippen LogP contribution is -2.25. The van der Waals surface area contributed by atoms with E-state index in [-0.39, 0.29) is 11.8 Å². The van der Waals surface area contributed by atoms with Crippen LogP contribution in [0.1, 0.15) is 40.2 Å². The number of hydrogen-bond donors (Lipinski definition) is 1. The molecule has 1 fully saturated rings. The van der Waals surface area contributed by atoms with Crippen molar-refractivity contribution in [3.8, 4) is 5.75 Å². The van der Waals surface area contributed by atoms with Gasteiger partial charge in [-0.2, -0.15) is 0 Å². The molecular formula is C23H23N3O4. The van der Waals surface area contributed by atoms with Gasteiger partial charge in [0.15, 0.2) is 0 Å². The van der Waals surface area contributed by atoms with Gasteiger partial charge in [0.2, 0.25) is 5.91 Å². The third-order valence-electron chi connectivity index (χ3n) is 5.18. The number of carbonyl (C=O) groups is 2. The first-order valence-electron chi connectivity index (χ1n) is 9.88. The van der Waals surface area contributed by atoms with Gasteiger partial charge < -0.3 is 19.5 Å². The van der Waals surface area contributed by atoms with Gasteiger partial charge in [0, 0.05) is 18.5 Å². The quantitative estimate of drug-likeness (QED) is 0.663. The van der Waals surface area contributed by atoms with Crippen molar-refractivity contribution in [1.29, 1.82) is 0 Å². The van der Waals surface area contributed by atoms with Crippen molar-refractivity contribution in [3.63, 3.8) is 0 Å². The van der Waals surface area contributed by atoms with Gasteiger partial charge in [0.1, 0.15) is 18.1 Å². The zero-order chi connectivity index (χ0) is 21.1. The van der Waals surface area contributed by atoms with Crippen LogP contribution < -0.4 is 15.0 Å². The molecule has 7 nitrogen and oxygen atoms in total. The molecule has 2 amide bonds. The molecule has 0 saturated carbocycles. The zero-order valence-corrected chi connectivity index (χ0v) is 17.0. The molecule has 30 heavy (non-hydrogen) atoms. The molecule has 4 rings (SSSR count). The van der Waals surface area contributed by atoms with E-state index in [4.69, 9.17) is 9.26 Å². The number of aromatic nitrogens is 1. The zero-order valence-electron chi connectivity index (χ0n) is 17.0. The Morgan fingerprint density at radius 3 is 2.77 bits per heavy atom. The van der Waals surface area contributed by atoms with Gasteiger partial charge >= 0.3 is 0 Å². The Hall–Kier alpha value is -3.61. The van der Waals surface area contributed by atoms with E-state index in [0.717, 1.165) is 29.1 Å². The van der Waals surface area contributed by atoms with E-state index >= 15 is 0 Å². The highest BCUT2D eigenvalue weighted by atomic mass is 16.5. The highest BCUT2D eigenvalue weighted by Crippen LogP contribution is 2.30. The van der Waals surface area contributed by atoms with Gasteiger partial charge in [0.05, 0.1) is 22.6 Å². The Balaban J connectivity index is 1.48. The largest absolute Gasteiger partial charge is 0.489 e. The maximum atomic E-state index is 12.9. The van der Waals surface area contributed by atoms with E-state index in [1.165, 1.54) is 0 Å². The van der Waals surface area contributed by atoms with Crippen LogP contribution in [0.25, 0.3) is 0 Å². The molecule has 1 N–H and O–H groups in total. The molecule has 1 saturated heterocycles. The molecule has 0 spiro atoms. The van der Waals surface area contributed by atoms with Crippen LogP contribution in [0.2, 0.25) is 0 Å². The lowest BCUT2D eigenvalue weighted by atomic mass is 10.1. The lowest BCUT2D eigenvalue weighted by Gasteiger charge is -2.20. The molecule has 7 heteroatoms. The molecule has 0 atom stereocenters. The van der Waals surface area contributed by atoms with Crippen molar-refractivity contribution in [2.24, 2.45) is 0 Å². The molecule has 0 aliphatic carbocycles.